The zero-order valence-corrected chi connectivity index (χ0v) is 15.0. The molecule has 0 spiro atoms. The highest BCUT2D eigenvalue weighted by Gasteiger charge is 2.07. The molecule has 0 N–H and O–H groups in total. The molecule has 0 aromatic heterocycles. The molecule has 0 aliphatic heterocycles. The molecule has 118 valence electrons. The molecule has 0 atom stereocenters. The van der Waals surface area contributed by atoms with E-state index in [1.165, 1.54) is 33.4 Å². The maximum Gasteiger partial charge on any atom is -0.0219 e. The van der Waals surface area contributed by atoms with E-state index in [0.717, 1.165) is 12.8 Å². The number of hydrogen-bond donors (Lipinski definition) is 0. The summed E-state index contributed by atoms with van der Waals surface area (Å²) in [7, 11) is 0. The first kappa shape index (κ1) is 16.8. The first-order chi connectivity index (χ1) is 10.4. The highest BCUT2D eigenvalue weighted by Crippen LogP contribution is 2.23. The summed E-state index contributed by atoms with van der Waals surface area (Å²) in [5, 5.41) is 0. The molecule has 0 saturated heterocycles. The summed E-state index contributed by atoms with van der Waals surface area (Å²) in [4.78, 5) is 0. The molecule has 0 radical (unpaired) electrons. The van der Waals surface area contributed by atoms with Crippen molar-refractivity contribution in [1.29, 1.82) is 0 Å². The fraction of sp³-hybridized carbons (Fsp3) is 0.455. The van der Waals surface area contributed by atoms with Crippen LogP contribution in [0.25, 0.3) is 0 Å². The van der Waals surface area contributed by atoms with E-state index in [-0.39, 0.29) is 0 Å². The van der Waals surface area contributed by atoms with Crippen LogP contribution in [0.2, 0.25) is 0 Å². The van der Waals surface area contributed by atoms with Gasteiger partial charge in [0.05, 0.1) is 0 Å². The van der Waals surface area contributed by atoms with Gasteiger partial charge in [-0.3, -0.25) is 0 Å². The van der Waals surface area contributed by atoms with E-state index in [4.69, 9.17) is 0 Å². The van der Waals surface area contributed by atoms with Crippen LogP contribution in [0.3, 0.4) is 0 Å². The fourth-order valence-corrected chi connectivity index (χ4v) is 2.91. The Hall–Kier alpha value is -1.56. The van der Waals surface area contributed by atoms with E-state index in [0.29, 0.717) is 11.8 Å². The van der Waals surface area contributed by atoms with Crippen molar-refractivity contribution < 1.29 is 0 Å². The quantitative estimate of drug-likeness (QED) is 0.604. The summed E-state index contributed by atoms with van der Waals surface area (Å²) >= 11 is 0. The molecule has 0 unspecified atom stereocenters. The lowest BCUT2D eigenvalue weighted by atomic mass is 9.92. The van der Waals surface area contributed by atoms with Crippen LogP contribution in [0.4, 0.5) is 0 Å². The summed E-state index contributed by atoms with van der Waals surface area (Å²) in [5.74, 6) is 1.20. The highest BCUT2D eigenvalue weighted by atomic mass is 14.1. The van der Waals surface area contributed by atoms with Gasteiger partial charge in [-0.25, -0.2) is 0 Å². The van der Waals surface area contributed by atoms with Crippen LogP contribution >= 0.6 is 0 Å². The monoisotopic (exact) mass is 294 g/mol. The lowest BCUT2D eigenvalue weighted by molar-refractivity contribution is 0.846. The molecule has 0 nitrogen and oxygen atoms in total. The van der Waals surface area contributed by atoms with Gasteiger partial charge < -0.3 is 0 Å². The Bertz CT molecular complexity index is 575. The van der Waals surface area contributed by atoms with Crippen LogP contribution in [0.1, 0.15) is 72.9 Å². The Morgan fingerprint density at radius 1 is 0.636 bits per heavy atom. The molecular formula is C22H30. The van der Waals surface area contributed by atoms with Gasteiger partial charge in [0, 0.05) is 0 Å². The van der Waals surface area contributed by atoms with E-state index in [9.17, 15) is 0 Å². The van der Waals surface area contributed by atoms with E-state index in [1.54, 1.807) is 0 Å². The van der Waals surface area contributed by atoms with Gasteiger partial charge in [-0.05, 0) is 71.9 Å². The van der Waals surface area contributed by atoms with Gasteiger partial charge >= 0.3 is 0 Å². The second-order valence-corrected chi connectivity index (χ2v) is 7.18. The molecular weight excluding hydrogens is 264 g/mol. The second-order valence-electron chi connectivity index (χ2n) is 7.18. The molecule has 0 aliphatic carbocycles. The van der Waals surface area contributed by atoms with Crippen molar-refractivity contribution in [2.24, 2.45) is 0 Å². The van der Waals surface area contributed by atoms with Gasteiger partial charge in [0.15, 0.2) is 0 Å². The van der Waals surface area contributed by atoms with E-state index >= 15 is 0 Å². The summed E-state index contributed by atoms with van der Waals surface area (Å²) in [6, 6.07) is 13.9. The van der Waals surface area contributed by atoms with Crippen molar-refractivity contribution in [2.45, 2.75) is 66.2 Å². The molecule has 0 aliphatic rings. The van der Waals surface area contributed by atoms with Crippen molar-refractivity contribution in [2.75, 3.05) is 0 Å². The van der Waals surface area contributed by atoms with Crippen LogP contribution in [0.5, 0.6) is 0 Å². The van der Waals surface area contributed by atoms with Gasteiger partial charge in [-0.2, -0.15) is 0 Å². The minimum Gasteiger partial charge on any atom is -0.0588 e. The van der Waals surface area contributed by atoms with Crippen molar-refractivity contribution in [3.8, 4) is 0 Å². The van der Waals surface area contributed by atoms with Crippen molar-refractivity contribution in [1.82, 2.24) is 0 Å². The Labute approximate surface area is 136 Å². The molecule has 0 bridgehead atoms. The first-order valence-corrected chi connectivity index (χ1v) is 8.57. The van der Waals surface area contributed by atoms with Crippen molar-refractivity contribution >= 4 is 0 Å². The van der Waals surface area contributed by atoms with Gasteiger partial charge in [0.2, 0.25) is 0 Å². The minimum atomic E-state index is 0.602. The van der Waals surface area contributed by atoms with Crippen LogP contribution in [0, 0.1) is 13.8 Å². The lowest BCUT2D eigenvalue weighted by Gasteiger charge is -2.14. The third-order valence-corrected chi connectivity index (χ3v) is 4.74. The third kappa shape index (κ3) is 4.00. The zero-order chi connectivity index (χ0) is 16.3. The standard InChI is InChI=1S/C22H30/c1-15(2)19-9-7-17(5)21(13-19)11-12-22-14-20(16(3)4)10-8-18(22)6/h7-10,13-16H,11-12H2,1-6H3. The van der Waals surface area contributed by atoms with Gasteiger partial charge in [-0.1, -0.05) is 64.1 Å². The first-order valence-electron chi connectivity index (χ1n) is 8.57. The van der Waals surface area contributed by atoms with E-state index in [2.05, 4.69) is 77.9 Å². The fourth-order valence-electron chi connectivity index (χ4n) is 2.91. The number of hydrogen-bond acceptors (Lipinski definition) is 0. The number of benzene rings is 2. The molecule has 0 heteroatoms. The summed E-state index contributed by atoms with van der Waals surface area (Å²) in [6.45, 7) is 13.5. The second kappa shape index (κ2) is 7.13. The molecule has 0 heterocycles. The average Bonchev–Trinajstić information content (AvgIpc) is 2.47. The zero-order valence-electron chi connectivity index (χ0n) is 15.0. The van der Waals surface area contributed by atoms with E-state index in [1.807, 2.05) is 0 Å². The largest absolute Gasteiger partial charge is 0.0588 e. The Balaban J connectivity index is 2.19. The van der Waals surface area contributed by atoms with Crippen LogP contribution < -0.4 is 0 Å². The SMILES string of the molecule is Cc1ccc(C(C)C)cc1CCc1cc(C(C)C)ccc1C. The summed E-state index contributed by atoms with van der Waals surface area (Å²) < 4.78 is 0. The molecule has 0 amide bonds. The average molecular weight is 294 g/mol. The summed E-state index contributed by atoms with van der Waals surface area (Å²) in [5.41, 5.74) is 8.74. The van der Waals surface area contributed by atoms with Gasteiger partial charge in [0.25, 0.3) is 0 Å². The molecule has 0 saturated carbocycles. The number of aryl methyl sites for hydroxylation is 4. The molecule has 0 fully saturated rings. The van der Waals surface area contributed by atoms with Gasteiger partial charge in [0.1, 0.15) is 0 Å². The normalized spacial score (nSPS) is 11.5. The predicted molar refractivity (Wildman–Crippen MR) is 97.9 cm³/mol. The smallest absolute Gasteiger partial charge is 0.0219 e. The lowest BCUT2D eigenvalue weighted by Crippen LogP contribution is -2.00. The predicted octanol–water partition coefficient (Wildman–Crippen LogP) is 6.34. The molecule has 22 heavy (non-hydrogen) atoms. The topological polar surface area (TPSA) is 0 Å². The van der Waals surface area contributed by atoms with Crippen LogP contribution in [-0.2, 0) is 12.8 Å². The Morgan fingerprint density at radius 2 is 1.00 bits per heavy atom. The Kier molecular flexibility index (Phi) is 5.45. The minimum absolute atomic E-state index is 0.602. The van der Waals surface area contributed by atoms with Crippen molar-refractivity contribution in [3.63, 3.8) is 0 Å². The van der Waals surface area contributed by atoms with Crippen LogP contribution in [-0.4, -0.2) is 0 Å². The molecule has 2 aromatic carbocycles. The highest BCUT2D eigenvalue weighted by molar-refractivity contribution is 5.36. The molecule has 2 aromatic rings. The van der Waals surface area contributed by atoms with E-state index < -0.39 is 0 Å². The maximum absolute atomic E-state index is 2.40. The third-order valence-electron chi connectivity index (χ3n) is 4.74. The molecule has 2 rings (SSSR count). The number of rotatable bonds is 5. The maximum atomic E-state index is 2.40. The van der Waals surface area contributed by atoms with Crippen LogP contribution in [0.15, 0.2) is 36.4 Å². The van der Waals surface area contributed by atoms with Crippen molar-refractivity contribution in [3.05, 3.63) is 69.8 Å². The summed E-state index contributed by atoms with van der Waals surface area (Å²) in [6.07, 6.45) is 2.27. The van der Waals surface area contributed by atoms with Gasteiger partial charge in [-0.15, -0.1) is 0 Å². The Morgan fingerprint density at radius 3 is 1.32 bits per heavy atom.